The Bertz CT molecular complexity index is 234. The molecule has 0 aromatic rings. The molecule has 0 heterocycles. The van der Waals surface area contributed by atoms with E-state index in [1.165, 1.54) is 32.1 Å². The van der Waals surface area contributed by atoms with Gasteiger partial charge >= 0.3 is 0 Å². The number of fused-ring (bicyclic) bond motifs is 2. The maximum absolute atomic E-state index is 5.31. The Hall–Kier alpha value is -0.120. The summed E-state index contributed by atoms with van der Waals surface area (Å²) in [6, 6.07) is 0. The molecule has 2 aliphatic carbocycles. The van der Waals surface area contributed by atoms with Gasteiger partial charge in [-0.15, -0.1) is 0 Å². The van der Waals surface area contributed by atoms with Gasteiger partial charge in [-0.1, -0.05) is 6.42 Å². The Morgan fingerprint density at radius 2 is 2.00 bits per heavy atom. The summed E-state index contributed by atoms with van der Waals surface area (Å²) in [6.45, 7) is 3.85. The third-order valence-corrected chi connectivity index (χ3v) is 4.87. The average Bonchev–Trinajstić information content (AvgIpc) is 2.93. The van der Waals surface area contributed by atoms with Gasteiger partial charge in [0.1, 0.15) is 0 Å². The van der Waals surface area contributed by atoms with E-state index in [0.29, 0.717) is 5.41 Å². The molecule has 3 heteroatoms. The molecule has 2 fully saturated rings. The molecule has 0 aromatic heterocycles. The highest BCUT2D eigenvalue weighted by Gasteiger charge is 2.49. The lowest BCUT2D eigenvalue weighted by Gasteiger charge is -2.38. The molecule has 0 spiro atoms. The molecule has 17 heavy (non-hydrogen) atoms. The van der Waals surface area contributed by atoms with Crippen LogP contribution < -0.4 is 5.32 Å². The van der Waals surface area contributed by atoms with Crippen molar-refractivity contribution in [2.45, 2.75) is 32.1 Å². The molecule has 2 rings (SSSR count). The van der Waals surface area contributed by atoms with E-state index in [2.05, 4.69) is 5.32 Å². The van der Waals surface area contributed by atoms with Crippen LogP contribution in [0.15, 0.2) is 0 Å². The normalized spacial score (nSPS) is 35.6. The van der Waals surface area contributed by atoms with Crippen molar-refractivity contribution >= 4 is 0 Å². The fourth-order valence-corrected chi connectivity index (χ4v) is 3.99. The zero-order valence-corrected chi connectivity index (χ0v) is 11.3. The predicted octanol–water partition coefficient (Wildman–Crippen LogP) is 2.07. The smallest absolute Gasteiger partial charge is 0.0587 e. The van der Waals surface area contributed by atoms with Crippen molar-refractivity contribution in [3.8, 4) is 0 Å². The Kier molecular flexibility index (Phi) is 4.83. The lowest BCUT2D eigenvalue weighted by atomic mass is 9.71. The highest BCUT2D eigenvalue weighted by molar-refractivity contribution is 5.01. The monoisotopic (exact) mass is 241 g/mol. The second-order valence-corrected chi connectivity index (χ2v) is 5.85. The minimum absolute atomic E-state index is 0.521. The van der Waals surface area contributed by atoms with E-state index in [9.17, 15) is 0 Å². The van der Waals surface area contributed by atoms with Crippen molar-refractivity contribution in [2.24, 2.45) is 17.3 Å². The van der Waals surface area contributed by atoms with Gasteiger partial charge in [0.15, 0.2) is 0 Å². The van der Waals surface area contributed by atoms with Crippen LogP contribution >= 0.6 is 0 Å². The second-order valence-electron chi connectivity index (χ2n) is 5.85. The van der Waals surface area contributed by atoms with Gasteiger partial charge in [-0.2, -0.15) is 0 Å². The summed E-state index contributed by atoms with van der Waals surface area (Å²) >= 11 is 0. The number of ether oxygens (including phenoxy) is 2. The molecule has 0 amide bonds. The summed E-state index contributed by atoms with van der Waals surface area (Å²) in [7, 11) is 3.58. The lowest BCUT2D eigenvalue weighted by Crippen LogP contribution is -2.40. The van der Waals surface area contributed by atoms with Crippen LogP contribution in [0.4, 0.5) is 0 Å². The van der Waals surface area contributed by atoms with Crippen LogP contribution in [0.5, 0.6) is 0 Å². The van der Waals surface area contributed by atoms with E-state index < -0.39 is 0 Å². The third kappa shape index (κ3) is 3.01. The maximum Gasteiger partial charge on any atom is 0.0587 e. The first-order chi connectivity index (χ1) is 8.30. The third-order valence-electron chi connectivity index (χ3n) is 4.87. The average molecular weight is 241 g/mol. The lowest BCUT2D eigenvalue weighted by molar-refractivity contribution is 0.0843. The second kappa shape index (κ2) is 6.17. The summed E-state index contributed by atoms with van der Waals surface area (Å²) in [5, 5.41) is 3.58. The van der Waals surface area contributed by atoms with Crippen LogP contribution in [0.25, 0.3) is 0 Å². The van der Waals surface area contributed by atoms with Gasteiger partial charge in [0.05, 0.1) is 6.61 Å². The standard InChI is InChI=1S/C14H27NO2/c1-16-7-5-14(11-15-6-8-17-2)10-12-3-4-13(14)9-12/h12-13,15H,3-11H2,1-2H3. The molecule has 0 saturated heterocycles. The molecular weight excluding hydrogens is 214 g/mol. The molecule has 0 aromatic carbocycles. The molecule has 3 atom stereocenters. The largest absolute Gasteiger partial charge is 0.385 e. The summed E-state index contributed by atoms with van der Waals surface area (Å²) in [5.74, 6) is 1.94. The van der Waals surface area contributed by atoms with Gasteiger partial charge in [0.25, 0.3) is 0 Å². The quantitative estimate of drug-likeness (QED) is 0.660. The van der Waals surface area contributed by atoms with Gasteiger partial charge in [0.2, 0.25) is 0 Å². The molecule has 100 valence electrons. The minimum atomic E-state index is 0.521. The first-order valence-corrected chi connectivity index (χ1v) is 6.99. The minimum Gasteiger partial charge on any atom is -0.385 e. The number of hydrogen-bond donors (Lipinski definition) is 1. The number of hydrogen-bond acceptors (Lipinski definition) is 3. The fourth-order valence-electron chi connectivity index (χ4n) is 3.99. The van der Waals surface area contributed by atoms with E-state index >= 15 is 0 Å². The molecule has 3 nitrogen and oxygen atoms in total. The van der Waals surface area contributed by atoms with Crippen molar-refractivity contribution in [1.82, 2.24) is 5.32 Å². The van der Waals surface area contributed by atoms with Crippen LogP contribution in [0, 0.1) is 17.3 Å². The molecule has 2 saturated carbocycles. The molecular formula is C14H27NO2. The zero-order valence-electron chi connectivity index (χ0n) is 11.3. The van der Waals surface area contributed by atoms with Crippen LogP contribution in [0.3, 0.4) is 0 Å². The zero-order chi connectivity index (χ0) is 12.1. The molecule has 0 aliphatic heterocycles. The van der Waals surface area contributed by atoms with E-state index in [1.54, 1.807) is 7.11 Å². The molecule has 0 radical (unpaired) electrons. The van der Waals surface area contributed by atoms with Gasteiger partial charge in [-0.3, -0.25) is 0 Å². The van der Waals surface area contributed by atoms with Crippen molar-refractivity contribution in [3.05, 3.63) is 0 Å². The SMILES string of the molecule is COCCNCC1(CCOC)CC2CCC1C2. The Morgan fingerprint density at radius 3 is 2.59 bits per heavy atom. The van der Waals surface area contributed by atoms with Gasteiger partial charge < -0.3 is 14.8 Å². The number of methoxy groups -OCH3 is 2. The van der Waals surface area contributed by atoms with Gasteiger partial charge in [-0.25, -0.2) is 0 Å². The van der Waals surface area contributed by atoms with Crippen molar-refractivity contribution in [2.75, 3.05) is 40.5 Å². The van der Waals surface area contributed by atoms with E-state index in [1.807, 2.05) is 7.11 Å². The molecule has 3 unspecified atom stereocenters. The summed E-state index contributed by atoms with van der Waals surface area (Å²) in [6.07, 6.45) is 7.03. The predicted molar refractivity (Wildman–Crippen MR) is 69.1 cm³/mol. The Labute approximate surface area is 105 Å². The first kappa shape index (κ1) is 13.3. The maximum atomic E-state index is 5.31. The van der Waals surface area contributed by atoms with E-state index in [4.69, 9.17) is 9.47 Å². The molecule has 1 N–H and O–H groups in total. The fraction of sp³-hybridized carbons (Fsp3) is 1.00. The van der Waals surface area contributed by atoms with Crippen LogP contribution in [0.1, 0.15) is 32.1 Å². The van der Waals surface area contributed by atoms with E-state index in [0.717, 1.165) is 38.1 Å². The Morgan fingerprint density at radius 1 is 1.18 bits per heavy atom. The van der Waals surface area contributed by atoms with Crippen LogP contribution in [-0.2, 0) is 9.47 Å². The van der Waals surface area contributed by atoms with Crippen molar-refractivity contribution < 1.29 is 9.47 Å². The number of rotatable bonds is 8. The van der Waals surface area contributed by atoms with Crippen molar-refractivity contribution in [1.29, 1.82) is 0 Å². The van der Waals surface area contributed by atoms with Gasteiger partial charge in [-0.05, 0) is 42.9 Å². The summed E-state index contributed by atoms with van der Waals surface area (Å²) < 4.78 is 10.4. The summed E-state index contributed by atoms with van der Waals surface area (Å²) in [5.41, 5.74) is 0.521. The highest BCUT2D eigenvalue weighted by atomic mass is 16.5. The van der Waals surface area contributed by atoms with E-state index in [-0.39, 0.29) is 0 Å². The highest BCUT2D eigenvalue weighted by Crippen LogP contribution is 2.57. The first-order valence-electron chi connectivity index (χ1n) is 6.99. The van der Waals surface area contributed by atoms with Gasteiger partial charge in [0, 0.05) is 33.9 Å². The van der Waals surface area contributed by atoms with Crippen LogP contribution in [0.2, 0.25) is 0 Å². The topological polar surface area (TPSA) is 30.5 Å². The van der Waals surface area contributed by atoms with Crippen LogP contribution in [-0.4, -0.2) is 40.5 Å². The number of nitrogens with one attached hydrogen (secondary N) is 1. The molecule has 2 aliphatic rings. The Balaban J connectivity index is 1.84. The molecule has 2 bridgehead atoms. The van der Waals surface area contributed by atoms with Crippen molar-refractivity contribution in [3.63, 3.8) is 0 Å². The summed E-state index contributed by atoms with van der Waals surface area (Å²) in [4.78, 5) is 0.